The number of carbonyl (C=O) groups excluding carboxylic acids is 2. The topological polar surface area (TPSA) is 73.9 Å². The van der Waals surface area contributed by atoms with Crippen molar-refractivity contribution < 1.29 is 23.8 Å². The zero-order valence-corrected chi connectivity index (χ0v) is 13.6. The maximum Gasteiger partial charge on any atom is 0.328 e. The van der Waals surface area contributed by atoms with E-state index >= 15 is 0 Å². The van der Waals surface area contributed by atoms with E-state index in [9.17, 15) is 9.59 Å². The molecule has 0 aliphatic rings. The fourth-order valence-electron chi connectivity index (χ4n) is 2.00. The molecular formula is C16H23NO5. The lowest BCUT2D eigenvalue weighted by Gasteiger charge is -2.22. The molecule has 0 aromatic heterocycles. The van der Waals surface area contributed by atoms with Gasteiger partial charge in [0.25, 0.3) is 5.91 Å². The summed E-state index contributed by atoms with van der Waals surface area (Å²) < 4.78 is 15.1. The number of carbonyl (C=O) groups is 2. The van der Waals surface area contributed by atoms with E-state index in [1.54, 1.807) is 18.2 Å². The maximum atomic E-state index is 12.3. The Morgan fingerprint density at radius 2 is 1.77 bits per heavy atom. The quantitative estimate of drug-likeness (QED) is 0.780. The van der Waals surface area contributed by atoms with Crippen molar-refractivity contribution in [3.63, 3.8) is 0 Å². The first-order valence-corrected chi connectivity index (χ1v) is 7.09. The molecule has 6 nitrogen and oxygen atoms in total. The third kappa shape index (κ3) is 4.13. The summed E-state index contributed by atoms with van der Waals surface area (Å²) in [6.07, 6.45) is 0.742. The molecule has 0 spiro atoms. The van der Waals surface area contributed by atoms with E-state index in [1.165, 1.54) is 21.3 Å². The van der Waals surface area contributed by atoms with Crippen molar-refractivity contribution >= 4 is 11.9 Å². The molecular weight excluding hydrogens is 286 g/mol. The molecule has 1 aromatic carbocycles. The van der Waals surface area contributed by atoms with Crippen LogP contribution in [-0.4, -0.2) is 39.2 Å². The first-order chi connectivity index (χ1) is 10.5. The zero-order valence-electron chi connectivity index (χ0n) is 13.6. The molecule has 0 saturated carbocycles. The van der Waals surface area contributed by atoms with Gasteiger partial charge in [-0.25, -0.2) is 4.79 Å². The summed E-state index contributed by atoms with van der Waals surface area (Å²) in [4.78, 5) is 24.2. The Morgan fingerprint density at radius 1 is 1.14 bits per heavy atom. The van der Waals surface area contributed by atoms with Crippen LogP contribution in [0.25, 0.3) is 0 Å². The molecule has 0 fully saturated rings. The third-order valence-electron chi connectivity index (χ3n) is 3.60. The Hall–Kier alpha value is -2.24. The van der Waals surface area contributed by atoms with Crippen molar-refractivity contribution in [1.29, 1.82) is 0 Å². The van der Waals surface area contributed by atoms with Gasteiger partial charge in [0.15, 0.2) is 11.5 Å². The van der Waals surface area contributed by atoms with Crippen LogP contribution in [0.3, 0.4) is 0 Å². The molecule has 0 aliphatic heterocycles. The van der Waals surface area contributed by atoms with Crippen LogP contribution in [0.5, 0.6) is 11.5 Å². The molecule has 0 unspecified atom stereocenters. The van der Waals surface area contributed by atoms with Crippen molar-refractivity contribution in [3.8, 4) is 11.5 Å². The minimum atomic E-state index is -0.685. The molecule has 0 bridgehead atoms. The van der Waals surface area contributed by atoms with Crippen molar-refractivity contribution in [3.05, 3.63) is 23.8 Å². The van der Waals surface area contributed by atoms with Gasteiger partial charge in [-0.1, -0.05) is 20.3 Å². The number of nitrogens with one attached hydrogen (secondary N) is 1. The summed E-state index contributed by atoms with van der Waals surface area (Å²) in [5.74, 6) is 0.134. The second-order valence-corrected chi connectivity index (χ2v) is 4.93. The molecule has 2 atom stereocenters. The molecule has 0 aliphatic carbocycles. The smallest absolute Gasteiger partial charge is 0.328 e. The minimum Gasteiger partial charge on any atom is -0.493 e. The summed E-state index contributed by atoms with van der Waals surface area (Å²) in [5.41, 5.74) is 0.384. The molecule has 6 heteroatoms. The van der Waals surface area contributed by atoms with Crippen LogP contribution in [0.4, 0.5) is 0 Å². The lowest BCUT2D eigenvalue weighted by molar-refractivity contribution is -0.144. The minimum absolute atomic E-state index is 0.0310. The molecule has 1 amide bonds. The van der Waals surface area contributed by atoms with Gasteiger partial charge < -0.3 is 19.5 Å². The molecule has 22 heavy (non-hydrogen) atoms. The van der Waals surface area contributed by atoms with E-state index < -0.39 is 12.0 Å². The highest BCUT2D eigenvalue weighted by Gasteiger charge is 2.27. The number of ether oxygens (including phenoxy) is 3. The largest absolute Gasteiger partial charge is 0.493 e. The highest BCUT2D eigenvalue weighted by molar-refractivity contribution is 5.97. The summed E-state index contributed by atoms with van der Waals surface area (Å²) >= 11 is 0. The molecule has 0 radical (unpaired) electrons. The van der Waals surface area contributed by atoms with E-state index in [2.05, 4.69) is 5.32 Å². The molecule has 122 valence electrons. The fraction of sp³-hybridized carbons (Fsp3) is 0.500. The third-order valence-corrected chi connectivity index (χ3v) is 3.60. The molecule has 0 heterocycles. The van der Waals surface area contributed by atoms with Gasteiger partial charge in [0.1, 0.15) is 6.04 Å². The van der Waals surface area contributed by atoms with Gasteiger partial charge in [0, 0.05) is 5.56 Å². The molecule has 1 N–H and O–H groups in total. The van der Waals surface area contributed by atoms with Crippen molar-refractivity contribution in [2.45, 2.75) is 26.3 Å². The van der Waals surface area contributed by atoms with Gasteiger partial charge >= 0.3 is 5.97 Å². The number of methoxy groups -OCH3 is 3. The summed E-state index contributed by atoms with van der Waals surface area (Å²) in [6, 6.07) is 4.14. The first kappa shape index (κ1) is 17.8. The number of benzene rings is 1. The fourth-order valence-corrected chi connectivity index (χ4v) is 2.00. The summed E-state index contributed by atoms with van der Waals surface area (Å²) in [7, 11) is 4.32. The van der Waals surface area contributed by atoms with Crippen LogP contribution in [0.15, 0.2) is 18.2 Å². The average Bonchev–Trinajstić information content (AvgIpc) is 2.57. The van der Waals surface area contributed by atoms with Gasteiger partial charge in [-0.15, -0.1) is 0 Å². The highest BCUT2D eigenvalue weighted by atomic mass is 16.5. The number of hydrogen-bond donors (Lipinski definition) is 1. The van der Waals surface area contributed by atoms with Gasteiger partial charge in [-0.3, -0.25) is 4.79 Å². The Balaban J connectivity index is 2.97. The predicted octanol–water partition coefficient (Wildman–Crippen LogP) is 2.02. The predicted molar refractivity (Wildman–Crippen MR) is 82.3 cm³/mol. The van der Waals surface area contributed by atoms with Gasteiger partial charge in [0.2, 0.25) is 0 Å². The van der Waals surface area contributed by atoms with Crippen LogP contribution >= 0.6 is 0 Å². The van der Waals surface area contributed by atoms with E-state index in [4.69, 9.17) is 14.2 Å². The van der Waals surface area contributed by atoms with E-state index in [0.29, 0.717) is 17.1 Å². The Bertz CT molecular complexity index is 529. The van der Waals surface area contributed by atoms with Crippen LogP contribution < -0.4 is 14.8 Å². The number of esters is 1. The zero-order chi connectivity index (χ0) is 16.7. The van der Waals surface area contributed by atoms with E-state index in [-0.39, 0.29) is 11.8 Å². The van der Waals surface area contributed by atoms with E-state index in [1.807, 2.05) is 13.8 Å². The van der Waals surface area contributed by atoms with Crippen LogP contribution in [0.2, 0.25) is 0 Å². The Morgan fingerprint density at radius 3 is 2.27 bits per heavy atom. The lowest BCUT2D eigenvalue weighted by Crippen LogP contribution is -2.45. The standard InChI is InChI=1S/C16H23NO5/c1-6-10(2)14(16(19)22-5)17-15(18)11-7-8-12(20-3)13(9-11)21-4/h7-10,14H,6H2,1-5H3,(H,17,18)/t10-,14+/m1/s1. The summed E-state index contributed by atoms with van der Waals surface area (Å²) in [6.45, 7) is 3.83. The van der Waals surface area contributed by atoms with Crippen LogP contribution in [0.1, 0.15) is 30.6 Å². The normalized spacial score (nSPS) is 13.0. The van der Waals surface area contributed by atoms with Crippen molar-refractivity contribution in [2.75, 3.05) is 21.3 Å². The molecule has 0 saturated heterocycles. The molecule has 1 rings (SSSR count). The van der Waals surface area contributed by atoms with Gasteiger partial charge in [-0.2, -0.15) is 0 Å². The van der Waals surface area contributed by atoms with E-state index in [0.717, 1.165) is 6.42 Å². The second-order valence-electron chi connectivity index (χ2n) is 4.93. The van der Waals surface area contributed by atoms with Crippen molar-refractivity contribution in [2.24, 2.45) is 5.92 Å². The van der Waals surface area contributed by atoms with Crippen molar-refractivity contribution in [1.82, 2.24) is 5.32 Å². The Kier molecular flexibility index (Phi) is 6.69. The highest BCUT2D eigenvalue weighted by Crippen LogP contribution is 2.27. The van der Waals surface area contributed by atoms with Crippen LogP contribution in [0, 0.1) is 5.92 Å². The van der Waals surface area contributed by atoms with Gasteiger partial charge in [0.05, 0.1) is 21.3 Å². The number of amides is 1. The first-order valence-electron chi connectivity index (χ1n) is 7.09. The average molecular weight is 309 g/mol. The second kappa shape index (κ2) is 8.26. The van der Waals surface area contributed by atoms with Gasteiger partial charge in [-0.05, 0) is 24.1 Å². The number of hydrogen-bond acceptors (Lipinski definition) is 5. The SMILES string of the molecule is CC[C@@H](C)[C@H](NC(=O)c1ccc(OC)c(OC)c1)C(=O)OC. The molecule has 1 aromatic rings. The monoisotopic (exact) mass is 309 g/mol. The van der Waals surface area contributed by atoms with Crippen LogP contribution in [-0.2, 0) is 9.53 Å². The lowest BCUT2D eigenvalue weighted by atomic mass is 9.99. The number of rotatable bonds is 7. The maximum absolute atomic E-state index is 12.3. The Labute approximate surface area is 130 Å². The summed E-state index contributed by atoms with van der Waals surface area (Å²) in [5, 5.41) is 2.71.